The molecule has 1 aromatic carbocycles. The highest BCUT2D eigenvalue weighted by Gasteiger charge is 2.53. The van der Waals surface area contributed by atoms with Crippen molar-refractivity contribution in [1.82, 2.24) is 19.7 Å². The molecule has 2 saturated heterocycles. The molecule has 0 radical (unpaired) electrons. The summed E-state index contributed by atoms with van der Waals surface area (Å²) in [6.07, 6.45) is 6.73. The highest BCUT2D eigenvalue weighted by Crippen LogP contribution is 2.54. The Labute approximate surface area is 216 Å². The molecule has 0 spiro atoms. The number of carbonyl (C=O) groups excluding carboxylic acids is 1. The number of rotatable bonds is 5. The van der Waals surface area contributed by atoms with Crippen molar-refractivity contribution >= 4 is 39.8 Å². The number of hydrogen-bond acceptors (Lipinski definition) is 6. The number of aromatic nitrogens is 3. The van der Waals surface area contributed by atoms with E-state index in [0.29, 0.717) is 5.82 Å². The number of piperazine rings is 1. The van der Waals surface area contributed by atoms with E-state index < -0.39 is 0 Å². The van der Waals surface area contributed by atoms with E-state index in [1.165, 1.54) is 0 Å². The van der Waals surface area contributed by atoms with E-state index in [1.807, 2.05) is 31.6 Å². The maximum absolute atomic E-state index is 13.0. The third kappa shape index (κ3) is 4.25. The Hall–Kier alpha value is -2.68. The highest BCUT2D eigenvalue weighted by molar-refractivity contribution is 6.34. The molecule has 3 aromatic rings. The lowest BCUT2D eigenvalue weighted by Gasteiger charge is -2.44. The minimum Gasteiger partial charge on any atom is -0.379 e. The van der Waals surface area contributed by atoms with Crippen LogP contribution in [0.15, 0.2) is 36.8 Å². The Morgan fingerprint density at radius 3 is 2.67 bits per heavy atom. The first kappa shape index (κ1) is 23.7. The number of halogens is 1. The summed E-state index contributed by atoms with van der Waals surface area (Å²) >= 11 is 6.71. The van der Waals surface area contributed by atoms with E-state index in [4.69, 9.17) is 16.3 Å². The molecular formula is C27H33ClN6O2. The van der Waals surface area contributed by atoms with Crippen LogP contribution in [0.4, 0.5) is 11.5 Å². The van der Waals surface area contributed by atoms with Crippen LogP contribution in [0.2, 0.25) is 5.02 Å². The van der Waals surface area contributed by atoms with Crippen molar-refractivity contribution in [2.75, 3.05) is 49.6 Å². The van der Waals surface area contributed by atoms with E-state index in [2.05, 4.69) is 45.1 Å². The number of carbonyl (C=O) groups is 1. The molecule has 2 aliphatic heterocycles. The molecule has 6 rings (SSSR count). The third-order valence-electron chi connectivity index (χ3n) is 8.41. The molecule has 36 heavy (non-hydrogen) atoms. The number of nitrogens with zero attached hydrogens (tertiary/aromatic N) is 5. The Morgan fingerprint density at radius 2 is 1.97 bits per heavy atom. The Balaban J connectivity index is 1.16. The summed E-state index contributed by atoms with van der Waals surface area (Å²) in [5.74, 6) is 1.02. The predicted molar refractivity (Wildman–Crippen MR) is 142 cm³/mol. The molecule has 0 bridgehead atoms. The van der Waals surface area contributed by atoms with E-state index in [1.54, 1.807) is 10.9 Å². The molecule has 190 valence electrons. The number of aryl methyl sites for hydroxylation is 1. The van der Waals surface area contributed by atoms with Gasteiger partial charge in [0.2, 0.25) is 5.91 Å². The van der Waals surface area contributed by atoms with Gasteiger partial charge in [0.25, 0.3) is 0 Å². The fourth-order valence-corrected chi connectivity index (χ4v) is 6.35. The van der Waals surface area contributed by atoms with Crippen molar-refractivity contribution in [3.05, 3.63) is 47.4 Å². The van der Waals surface area contributed by atoms with E-state index in [9.17, 15) is 4.79 Å². The molecule has 8 nitrogen and oxygen atoms in total. The van der Waals surface area contributed by atoms with Crippen LogP contribution in [0.1, 0.15) is 31.7 Å². The second-order valence-electron chi connectivity index (χ2n) is 10.8. The van der Waals surface area contributed by atoms with E-state index in [0.717, 1.165) is 72.9 Å². The average molecular weight is 509 g/mol. The molecule has 1 unspecified atom stereocenters. The summed E-state index contributed by atoms with van der Waals surface area (Å²) in [5, 5.41) is 10.0. The van der Waals surface area contributed by atoms with Gasteiger partial charge in [-0.1, -0.05) is 18.5 Å². The molecule has 4 atom stereocenters. The molecule has 1 aliphatic carbocycles. The topological polar surface area (TPSA) is 75.5 Å². The minimum atomic E-state index is -0.0594. The minimum absolute atomic E-state index is 0.0119. The first-order chi connectivity index (χ1) is 17.3. The second-order valence-corrected chi connectivity index (χ2v) is 11.2. The SMILES string of the molecule is C[C@H]1[C@@H](C(=O)Nc2cc3cc(N4CCN(C5(C)CCOC5)CC4)c(Cl)cc3cn2)[C@H]1c1cnn(C)c1. The first-order valence-corrected chi connectivity index (χ1v) is 13.2. The largest absolute Gasteiger partial charge is 0.379 e. The lowest BCUT2D eigenvalue weighted by atomic mass is 9.98. The van der Waals surface area contributed by atoms with Gasteiger partial charge in [0, 0.05) is 75.0 Å². The van der Waals surface area contributed by atoms with Crippen LogP contribution in [0.5, 0.6) is 0 Å². The lowest BCUT2D eigenvalue weighted by molar-refractivity contribution is -0.117. The molecule has 4 heterocycles. The van der Waals surface area contributed by atoms with E-state index in [-0.39, 0.29) is 29.2 Å². The first-order valence-electron chi connectivity index (χ1n) is 12.8. The number of hydrogen-bond donors (Lipinski definition) is 1. The molecule has 1 amide bonds. The van der Waals surface area contributed by atoms with Crippen molar-refractivity contribution in [3.63, 3.8) is 0 Å². The van der Waals surface area contributed by atoms with Gasteiger partial charge >= 0.3 is 0 Å². The number of pyridine rings is 1. The molecule has 1 saturated carbocycles. The zero-order valence-corrected chi connectivity index (χ0v) is 21.8. The van der Waals surface area contributed by atoms with Gasteiger partial charge in [-0.25, -0.2) is 4.98 Å². The Morgan fingerprint density at radius 1 is 1.17 bits per heavy atom. The van der Waals surface area contributed by atoms with Crippen LogP contribution < -0.4 is 10.2 Å². The van der Waals surface area contributed by atoms with Gasteiger partial charge in [0.15, 0.2) is 0 Å². The van der Waals surface area contributed by atoms with Gasteiger partial charge < -0.3 is 15.0 Å². The summed E-state index contributed by atoms with van der Waals surface area (Å²) in [6, 6.07) is 6.06. The van der Waals surface area contributed by atoms with Crippen LogP contribution in [-0.4, -0.2) is 70.5 Å². The van der Waals surface area contributed by atoms with Gasteiger partial charge in [-0.3, -0.25) is 14.4 Å². The lowest BCUT2D eigenvalue weighted by Crippen LogP contribution is -2.56. The van der Waals surface area contributed by atoms with E-state index >= 15 is 0 Å². The highest BCUT2D eigenvalue weighted by atomic mass is 35.5. The maximum atomic E-state index is 13.0. The zero-order valence-electron chi connectivity index (χ0n) is 21.1. The van der Waals surface area contributed by atoms with Crippen LogP contribution in [0.3, 0.4) is 0 Å². The van der Waals surface area contributed by atoms with Gasteiger partial charge in [-0.2, -0.15) is 5.10 Å². The molecule has 3 aliphatic rings. The van der Waals surface area contributed by atoms with Crippen molar-refractivity contribution in [2.45, 2.75) is 31.7 Å². The number of anilines is 2. The van der Waals surface area contributed by atoms with Crippen LogP contribution in [0.25, 0.3) is 10.8 Å². The van der Waals surface area contributed by atoms with Crippen LogP contribution in [0, 0.1) is 11.8 Å². The summed E-state index contributed by atoms with van der Waals surface area (Å²) in [7, 11) is 1.90. The molecular weight excluding hydrogens is 476 g/mol. The fourth-order valence-electron chi connectivity index (χ4n) is 6.05. The Kier molecular flexibility index (Phi) is 5.93. The molecule has 3 fully saturated rings. The van der Waals surface area contributed by atoms with Crippen molar-refractivity contribution in [3.8, 4) is 0 Å². The quantitative estimate of drug-likeness (QED) is 0.563. The van der Waals surface area contributed by atoms with Gasteiger partial charge in [0.05, 0.1) is 23.5 Å². The molecule has 9 heteroatoms. The molecule has 2 aromatic heterocycles. The van der Waals surface area contributed by atoms with Crippen molar-refractivity contribution < 1.29 is 9.53 Å². The monoisotopic (exact) mass is 508 g/mol. The summed E-state index contributed by atoms with van der Waals surface area (Å²) < 4.78 is 7.45. The zero-order chi connectivity index (χ0) is 25.0. The van der Waals surface area contributed by atoms with Crippen molar-refractivity contribution in [2.24, 2.45) is 18.9 Å². The number of fused-ring (bicyclic) bond motifs is 1. The summed E-state index contributed by atoms with van der Waals surface area (Å²) in [4.78, 5) is 22.4. The van der Waals surface area contributed by atoms with Crippen LogP contribution in [-0.2, 0) is 16.6 Å². The fraction of sp³-hybridized carbons (Fsp3) is 0.519. The normalized spacial score (nSPS) is 28.6. The third-order valence-corrected chi connectivity index (χ3v) is 8.71. The summed E-state index contributed by atoms with van der Waals surface area (Å²) in [5.41, 5.74) is 2.30. The van der Waals surface area contributed by atoms with Gasteiger partial charge in [-0.05, 0) is 48.4 Å². The number of nitrogens with one attached hydrogen (secondary N) is 1. The van der Waals surface area contributed by atoms with Gasteiger partial charge in [-0.15, -0.1) is 0 Å². The van der Waals surface area contributed by atoms with Gasteiger partial charge in [0.1, 0.15) is 5.82 Å². The Bertz CT molecular complexity index is 1290. The number of amides is 1. The average Bonchev–Trinajstić information content (AvgIpc) is 3.15. The smallest absolute Gasteiger partial charge is 0.229 e. The number of ether oxygens (including phenoxy) is 1. The maximum Gasteiger partial charge on any atom is 0.229 e. The standard InChI is InChI=1S/C27H33ClN6O2/c1-17-24(20-14-30-32(3)15-20)25(17)26(35)31-23-12-18-11-22(21(28)10-19(18)13-29-23)33-5-7-34(8-6-33)27(2)4-9-36-16-27/h10-15,17,24-25H,4-9,16H2,1-3H3,(H,29,31,35)/t17-,24-,25-,27?/m1/s1. The number of benzene rings is 1. The molecule has 1 N–H and O–H groups in total. The second kappa shape index (κ2) is 9.01. The summed E-state index contributed by atoms with van der Waals surface area (Å²) in [6.45, 7) is 9.91. The van der Waals surface area contributed by atoms with Crippen molar-refractivity contribution in [1.29, 1.82) is 0 Å². The van der Waals surface area contributed by atoms with Crippen LogP contribution >= 0.6 is 11.6 Å². The predicted octanol–water partition coefficient (Wildman–Crippen LogP) is 3.91.